The lowest BCUT2D eigenvalue weighted by Crippen LogP contribution is -2.42. The first-order chi connectivity index (χ1) is 10.3. The summed E-state index contributed by atoms with van der Waals surface area (Å²) in [6.45, 7) is 4.06. The van der Waals surface area contributed by atoms with Crippen LogP contribution in [0.3, 0.4) is 0 Å². The van der Waals surface area contributed by atoms with Crippen LogP contribution < -0.4 is 5.32 Å². The summed E-state index contributed by atoms with van der Waals surface area (Å²) >= 11 is 2.09. The van der Waals surface area contributed by atoms with Crippen molar-refractivity contribution in [3.8, 4) is 0 Å². The Morgan fingerprint density at radius 3 is 2.50 bits per heavy atom. The lowest BCUT2D eigenvalue weighted by molar-refractivity contribution is 0.0625. The average Bonchev–Trinajstić information content (AvgIpc) is 2.55. The summed E-state index contributed by atoms with van der Waals surface area (Å²) in [5.41, 5.74) is 0. The molecule has 2 fully saturated rings. The zero-order valence-corrected chi connectivity index (χ0v) is 17.2. The molecule has 2 aliphatic rings. The highest BCUT2D eigenvalue weighted by Gasteiger charge is 2.17. The van der Waals surface area contributed by atoms with E-state index in [4.69, 9.17) is 4.74 Å². The van der Waals surface area contributed by atoms with E-state index in [0.717, 1.165) is 44.1 Å². The zero-order valence-electron chi connectivity index (χ0n) is 14.1. The third-order valence-electron chi connectivity index (χ3n) is 4.68. The highest BCUT2D eigenvalue weighted by atomic mass is 127. The zero-order chi connectivity index (χ0) is 14.9. The van der Waals surface area contributed by atoms with Gasteiger partial charge in [0, 0.05) is 40.4 Å². The summed E-state index contributed by atoms with van der Waals surface area (Å²) in [7, 11) is 4.05. The van der Waals surface area contributed by atoms with E-state index in [1.165, 1.54) is 43.6 Å². The van der Waals surface area contributed by atoms with Gasteiger partial charge in [-0.05, 0) is 55.4 Å². The Morgan fingerprint density at radius 2 is 1.86 bits per heavy atom. The number of hydrogen-bond donors (Lipinski definition) is 1. The number of guanidine groups is 1. The third-order valence-corrected chi connectivity index (χ3v) is 5.73. The van der Waals surface area contributed by atoms with Gasteiger partial charge in [0.2, 0.25) is 0 Å². The largest absolute Gasteiger partial charge is 0.381 e. The number of aliphatic imine (C=N–C) groups is 1. The molecule has 0 bridgehead atoms. The molecule has 0 unspecified atom stereocenters. The molecule has 22 heavy (non-hydrogen) atoms. The smallest absolute Gasteiger partial charge is 0.193 e. The van der Waals surface area contributed by atoms with Gasteiger partial charge in [-0.25, -0.2) is 0 Å². The monoisotopic (exact) mass is 441 g/mol. The molecule has 2 heterocycles. The molecule has 0 saturated carbocycles. The van der Waals surface area contributed by atoms with Gasteiger partial charge in [0.25, 0.3) is 0 Å². The molecule has 0 aromatic carbocycles. The van der Waals surface area contributed by atoms with Crippen molar-refractivity contribution in [2.45, 2.75) is 32.1 Å². The maximum absolute atomic E-state index is 5.43. The second kappa shape index (κ2) is 11.8. The molecule has 0 aliphatic carbocycles. The first kappa shape index (κ1) is 20.4. The number of thioether (sulfide) groups is 1. The van der Waals surface area contributed by atoms with Gasteiger partial charge in [-0.1, -0.05) is 0 Å². The summed E-state index contributed by atoms with van der Waals surface area (Å²) in [4.78, 5) is 6.72. The molecule has 2 saturated heterocycles. The van der Waals surface area contributed by atoms with Crippen molar-refractivity contribution < 1.29 is 4.74 Å². The van der Waals surface area contributed by atoms with Crippen molar-refractivity contribution in [1.82, 2.24) is 10.2 Å². The quantitative estimate of drug-likeness (QED) is 0.404. The summed E-state index contributed by atoms with van der Waals surface area (Å²) in [5, 5.41) is 3.57. The van der Waals surface area contributed by atoms with Gasteiger partial charge in [0.1, 0.15) is 0 Å². The SMILES string of the molecule is CN=C(NCC1CCSCC1)N(C)CCC1CCOCC1.I. The van der Waals surface area contributed by atoms with E-state index in [1.807, 2.05) is 7.05 Å². The fraction of sp³-hybridized carbons (Fsp3) is 0.938. The van der Waals surface area contributed by atoms with Crippen LogP contribution in [0.25, 0.3) is 0 Å². The van der Waals surface area contributed by atoms with Gasteiger partial charge in [0.05, 0.1) is 0 Å². The summed E-state index contributed by atoms with van der Waals surface area (Å²) in [6.07, 6.45) is 6.39. The summed E-state index contributed by atoms with van der Waals surface area (Å²) < 4.78 is 5.43. The van der Waals surface area contributed by atoms with Crippen molar-refractivity contribution in [3.63, 3.8) is 0 Å². The number of ether oxygens (including phenoxy) is 1. The standard InChI is InChI=1S/C16H31N3OS.HI/c1-17-16(18-13-15-6-11-21-12-7-15)19(2)8-3-14-4-9-20-10-5-14;/h14-15H,3-13H2,1-2H3,(H,17,18);1H. The van der Waals surface area contributed by atoms with Gasteiger partial charge in [-0.3, -0.25) is 4.99 Å². The Kier molecular flexibility index (Phi) is 10.9. The van der Waals surface area contributed by atoms with Crippen LogP contribution in [-0.2, 0) is 4.74 Å². The third kappa shape index (κ3) is 7.25. The van der Waals surface area contributed by atoms with Crippen LogP contribution in [0.5, 0.6) is 0 Å². The van der Waals surface area contributed by atoms with E-state index in [0.29, 0.717) is 0 Å². The molecule has 0 aromatic heterocycles. The molecule has 6 heteroatoms. The molecular weight excluding hydrogens is 409 g/mol. The van der Waals surface area contributed by atoms with Gasteiger partial charge in [-0.15, -0.1) is 24.0 Å². The number of rotatable bonds is 5. The lowest BCUT2D eigenvalue weighted by atomic mass is 9.96. The second-order valence-corrected chi connectivity index (χ2v) is 7.47. The number of hydrogen-bond acceptors (Lipinski definition) is 3. The van der Waals surface area contributed by atoms with Crippen LogP contribution >= 0.6 is 35.7 Å². The van der Waals surface area contributed by atoms with Gasteiger partial charge in [0.15, 0.2) is 5.96 Å². The predicted octanol–water partition coefficient (Wildman–Crippen LogP) is 3.07. The van der Waals surface area contributed by atoms with E-state index in [1.54, 1.807) is 0 Å². The predicted molar refractivity (Wildman–Crippen MR) is 108 cm³/mol. The Hall–Kier alpha value is 0.310. The van der Waals surface area contributed by atoms with Crippen molar-refractivity contribution >= 4 is 41.7 Å². The topological polar surface area (TPSA) is 36.9 Å². The van der Waals surface area contributed by atoms with Crippen LogP contribution in [0.15, 0.2) is 4.99 Å². The van der Waals surface area contributed by atoms with E-state index in [-0.39, 0.29) is 24.0 Å². The molecule has 0 amide bonds. The van der Waals surface area contributed by atoms with Crippen molar-refractivity contribution in [2.75, 3.05) is 51.9 Å². The van der Waals surface area contributed by atoms with Gasteiger partial charge < -0.3 is 15.0 Å². The highest BCUT2D eigenvalue weighted by Crippen LogP contribution is 2.22. The minimum atomic E-state index is 0. The molecule has 2 rings (SSSR count). The Balaban J connectivity index is 0.00000242. The summed E-state index contributed by atoms with van der Waals surface area (Å²) in [5.74, 6) is 5.36. The number of nitrogens with one attached hydrogen (secondary N) is 1. The van der Waals surface area contributed by atoms with Gasteiger partial charge >= 0.3 is 0 Å². The minimum absolute atomic E-state index is 0. The fourth-order valence-electron chi connectivity index (χ4n) is 3.09. The van der Waals surface area contributed by atoms with Crippen LogP contribution in [-0.4, -0.2) is 62.8 Å². The maximum atomic E-state index is 5.43. The fourth-order valence-corrected chi connectivity index (χ4v) is 4.29. The second-order valence-electron chi connectivity index (χ2n) is 6.25. The highest BCUT2D eigenvalue weighted by molar-refractivity contribution is 14.0. The molecule has 0 atom stereocenters. The van der Waals surface area contributed by atoms with Crippen LogP contribution in [0, 0.1) is 11.8 Å². The molecule has 0 aromatic rings. The molecule has 1 N–H and O–H groups in total. The summed E-state index contributed by atoms with van der Waals surface area (Å²) in [6, 6.07) is 0. The first-order valence-electron chi connectivity index (χ1n) is 8.37. The van der Waals surface area contributed by atoms with E-state index in [9.17, 15) is 0 Å². The maximum Gasteiger partial charge on any atom is 0.193 e. The van der Waals surface area contributed by atoms with Crippen LogP contribution in [0.2, 0.25) is 0 Å². The number of halogens is 1. The Bertz CT molecular complexity index is 319. The normalized spacial score (nSPS) is 21.3. The van der Waals surface area contributed by atoms with Crippen LogP contribution in [0.4, 0.5) is 0 Å². The van der Waals surface area contributed by atoms with Crippen molar-refractivity contribution in [1.29, 1.82) is 0 Å². The Labute approximate surface area is 157 Å². The van der Waals surface area contributed by atoms with E-state index >= 15 is 0 Å². The molecule has 4 nitrogen and oxygen atoms in total. The Morgan fingerprint density at radius 1 is 1.18 bits per heavy atom. The van der Waals surface area contributed by atoms with Crippen molar-refractivity contribution in [2.24, 2.45) is 16.8 Å². The average molecular weight is 441 g/mol. The molecule has 2 aliphatic heterocycles. The first-order valence-corrected chi connectivity index (χ1v) is 9.52. The molecule has 0 spiro atoms. The van der Waals surface area contributed by atoms with Crippen LogP contribution in [0.1, 0.15) is 32.1 Å². The van der Waals surface area contributed by atoms with E-state index < -0.39 is 0 Å². The van der Waals surface area contributed by atoms with Gasteiger partial charge in [-0.2, -0.15) is 11.8 Å². The van der Waals surface area contributed by atoms with E-state index in [2.05, 4.69) is 34.0 Å². The lowest BCUT2D eigenvalue weighted by Gasteiger charge is -2.28. The number of nitrogens with zero attached hydrogens (tertiary/aromatic N) is 2. The van der Waals surface area contributed by atoms with Crippen molar-refractivity contribution in [3.05, 3.63) is 0 Å². The molecule has 0 radical (unpaired) electrons. The molecular formula is C16H32IN3OS. The minimum Gasteiger partial charge on any atom is -0.381 e. The molecule has 130 valence electrons.